The molecule has 21 heavy (non-hydrogen) atoms. The molecule has 0 saturated heterocycles. The van der Waals surface area contributed by atoms with Crippen molar-refractivity contribution in [2.75, 3.05) is 0 Å². The van der Waals surface area contributed by atoms with E-state index in [0.29, 0.717) is 11.4 Å². The number of rotatable bonds is 5. The van der Waals surface area contributed by atoms with Gasteiger partial charge in [0.1, 0.15) is 4.88 Å². The normalized spacial score (nSPS) is 11.7. The van der Waals surface area contributed by atoms with E-state index in [1.54, 1.807) is 6.92 Å². The van der Waals surface area contributed by atoms with Gasteiger partial charge in [-0.25, -0.2) is 4.79 Å². The van der Waals surface area contributed by atoms with Crippen LogP contribution in [0.2, 0.25) is 0 Å². The Hall–Kier alpha value is -2.14. The summed E-state index contributed by atoms with van der Waals surface area (Å²) < 4.78 is 5.19. The van der Waals surface area contributed by atoms with E-state index in [0.717, 1.165) is 11.1 Å². The van der Waals surface area contributed by atoms with Gasteiger partial charge in [-0.2, -0.15) is 0 Å². The smallest absolute Gasteiger partial charge is 0.349 e. The number of esters is 1. The summed E-state index contributed by atoms with van der Waals surface area (Å²) in [6.45, 7) is 3.83. The maximum atomic E-state index is 11.9. The van der Waals surface area contributed by atoms with Crippen molar-refractivity contribution < 1.29 is 14.3 Å². The molecular formula is C16H17NO3S. The summed E-state index contributed by atoms with van der Waals surface area (Å²) >= 11 is 1.32. The minimum Gasteiger partial charge on any atom is -0.448 e. The Bertz CT molecular complexity index is 621. The van der Waals surface area contributed by atoms with Crippen molar-refractivity contribution in [2.24, 2.45) is 0 Å². The lowest BCUT2D eigenvalue weighted by molar-refractivity contribution is -0.129. The molecule has 2 rings (SSSR count). The quantitative estimate of drug-likeness (QED) is 0.864. The molecule has 1 N–H and O–H groups in total. The lowest BCUT2D eigenvalue weighted by atomic mass is 10.2. The number of aryl methyl sites for hydroxylation is 1. The van der Waals surface area contributed by atoms with Crippen molar-refractivity contribution in [3.63, 3.8) is 0 Å². The van der Waals surface area contributed by atoms with Crippen molar-refractivity contribution in [2.45, 2.75) is 26.5 Å². The molecule has 0 bridgehead atoms. The first kappa shape index (κ1) is 15.3. The molecule has 0 radical (unpaired) electrons. The number of hydrogen-bond donors (Lipinski definition) is 1. The SMILES string of the molecule is Cc1ccsc1C(=O)O[C@@H](C)C(=O)NCc1ccccc1. The van der Waals surface area contributed by atoms with Crippen molar-refractivity contribution in [3.05, 3.63) is 57.8 Å². The highest BCUT2D eigenvalue weighted by Crippen LogP contribution is 2.17. The Balaban J connectivity index is 1.85. The lowest BCUT2D eigenvalue weighted by Gasteiger charge is -2.13. The van der Waals surface area contributed by atoms with Crippen LogP contribution < -0.4 is 5.32 Å². The Morgan fingerprint density at radius 2 is 1.95 bits per heavy atom. The van der Waals surface area contributed by atoms with E-state index in [4.69, 9.17) is 4.74 Å². The fourth-order valence-electron chi connectivity index (χ4n) is 1.78. The van der Waals surface area contributed by atoms with Gasteiger partial charge in [0.2, 0.25) is 0 Å². The Labute approximate surface area is 127 Å². The monoisotopic (exact) mass is 303 g/mol. The van der Waals surface area contributed by atoms with Gasteiger partial charge < -0.3 is 10.1 Å². The number of carbonyl (C=O) groups excluding carboxylic acids is 2. The van der Waals surface area contributed by atoms with Gasteiger partial charge in [0, 0.05) is 6.54 Å². The maximum absolute atomic E-state index is 11.9. The highest BCUT2D eigenvalue weighted by Gasteiger charge is 2.20. The summed E-state index contributed by atoms with van der Waals surface area (Å²) in [4.78, 5) is 24.4. The van der Waals surface area contributed by atoms with E-state index in [1.165, 1.54) is 11.3 Å². The number of carbonyl (C=O) groups is 2. The largest absolute Gasteiger partial charge is 0.448 e. The van der Waals surface area contributed by atoms with Gasteiger partial charge in [0.15, 0.2) is 6.10 Å². The first-order valence-corrected chi connectivity index (χ1v) is 7.52. The zero-order valence-electron chi connectivity index (χ0n) is 12.0. The van der Waals surface area contributed by atoms with Gasteiger partial charge in [-0.15, -0.1) is 11.3 Å². The highest BCUT2D eigenvalue weighted by atomic mass is 32.1. The molecule has 1 atom stereocenters. The van der Waals surface area contributed by atoms with Crippen molar-refractivity contribution >= 4 is 23.2 Å². The third kappa shape index (κ3) is 4.16. The number of hydrogen-bond acceptors (Lipinski definition) is 4. The van der Waals surface area contributed by atoms with Gasteiger partial charge in [-0.3, -0.25) is 4.79 Å². The second-order valence-electron chi connectivity index (χ2n) is 4.68. The van der Waals surface area contributed by atoms with Crippen molar-refractivity contribution in [3.8, 4) is 0 Å². The number of nitrogens with one attached hydrogen (secondary N) is 1. The summed E-state index contributed by atoms with van der Waals surface area (Å²) in [6.07, 6.45) is -0.817. The molecule has 1 aromatic carbocycles. The van der Waals surface area contributed by atoms with E-state index in [1.807, 2.05) is 48.7 Å². The summed E-state index contributed by atoms with van der Waals surface area (Å²) in [5, 5.41) is 4.58. The summed E-state index contributed by atoms with van der Waals surface area (Å²) in [6, 6.07) is 11.4. The summed E-state index contributed by atoms with van der Waals surface area (Å²) in [5.41, 5.74) is 1.86. The number of thiophene rings is 1. The molecule has 0 fully saturated rings. The minimum absolute atomic E-state index is 0.304. The fourth-order valence-corrected chi connectivity index (χ4v) is 2.58. The molecule has 0 spiro atoms. The molecule has 1 amide bonds. The molecule has 0 aliphatic carbocycles. The van der Waals surface area contributed by atoms with Crippen LogP contribution in [0, 0.1) is 6.92 Å². The van der Waals surface area contributed by atoms with E-state index < -0.39 is 12.1 Å². The summed E-state index contributed by atoms with van der Waals surface area (Å²) in [7, 11) is 0. The average Bonchev–Trinajstić information content (AvgIpc) is 2.92. The third-order valence-electron chi connectivity index (χ3n) is 3.01. The number of amides is 1. The predicted octanol–water partition coefficient (Wildman–Crippen LogP) is 2.92. The Morgan fingerprint density at radius 3 is 2.57 bits per heavy atom. The minimum atomic E-state index is -0.817. The van der Waals surface area contributed by atoms with E-state index in [2.05, 4.69) is 5.32 Å². The molecule has 1 aromatic heterocycles. The second kappa shape index (κ2) is 7.04. The van der Waals surface area contributed by atoms with E-state index >= 15 is 0 Å². The standard InChI is InChI=1S/C16H17NO3S/c1-11-8-9-21-14(11)16(19)20-12(2)15(18)17-10-13-6-4-3-5-7-13/h3-9,12H,10H2,1-2H3,(H,17,18)/t12-/m0/s1. The zero-order valence-corrected chi connectivity index (χ0v) is 12.8. The maximum Gasteiger partial charge on any atom is 0.349 e. The highest BCUT2D eigenvalue weighted by molar-refractivity contribution is 7.12. The van der Waals surface area contributed by atoms with Crippen molar-refractivity contribution in [1.29, 1.82) is 0 Å². The predicted molar refractivity (Wildman–Crippen MR) is 82.2 cm³/mol. The van der Waals surface area contributed by atoms with Crippen LogP contribution in [0.1, 0.15) is 27.7 Å². The molecule has 0 unspecified atom stereocenters. The van der Waals surface area contributed by atoms with Gasteiger partial charge >= 0.3 is 5.97 Å². The topological polar surface area (TPSA) is 55.4 Å². The summed E-state index contributed by atoms with van der Waals surface area (Å²) in [5.74, 6) is -0.758. The van der Waals surface area contributed by atoms with Crippen LogP contribution in [0.3, 0.4) is 0 Å². The first-order valence-electron chi connectivity index (χ1n) is 6.64. The van der Waals surface area contributed by atoms with Gasteiger partial charge in [-0.05, 0) is 36.4 Å². The van der Waals surface area contributed by atoms with Crippen molar-refractivity contribution in [1.82, 2.24) is 5.32 Å². The molecule has 2 aromatic rings. The van der Waals surface area contributed by atoms with Crippen LogP contribution >= 0.6 is 11.3 Å². The zero-order chi connectivity index (χ0) is 15.2. The van der Waals surface area contributed by atoms with Crippen LogP contribution in [0.15, 0.2) is 41.8 Å². The van der Waals surface area contributed by atoms with E-state index in [-0.39, 0.29) is 5.91 Å². The van der Waals surface area contributed by atoms with Crippen LogP contribution in [-0.2, 0) is 16.1 Å². The number of benzene rings is 1. The van der Waals surface area contributed by atoms with Gasteiger partial charge in [-0.1, -0.05) is 30.3 Å². The Kier molecular flexibility index (Phi) is 5.11. The van der Waals surface area contributed by atoms with Gasteiger partial charge in [0.05, 0.1) is 0 Å². The molecule has 1 heterocycles. The van der Waals surface area contributed by atoms with Crippen LogP contribution in [-0.4, -0.2) is 18.0 Å². The van der Waals surface area contributed by atoms with Crippen LogP contribution in [0.4, 0.5) is 0 Å². The molecule has 0 saturated carbocycles. The molecule has 110 valence electrons. The Morgan fingerprint density at radius 1 is 1.24 bits per heavy atom. The molecule has 5 heteroatoms. The second-order valence-corrected chi connectivity index (χ2v) is 5.60. The molecule has 4 nitrogen and oxygen atoms in total. The molecule has 0 aliphatic rings. The average molecular weight is 303 g/mol. The molecule has 0 aliphatic heterocycles. The van der Waals surface area contributed by atoms with Crippen LogP contribution in [0.25, 0.3) is 0 Å². The van der Waals surface area contributed by atoms with E-state index in [9.17, 15) is 9.59 Å². The third-order valence-corrected chi connectivity index (χ3v) is 4.01. The lowest BCUT2D eigenvalue weighted by Crippen LogP contribution is -2.35. The fraction of sp³-hybridized carbons (Fsp3) is 0.250. The van der Waals surface area contributed by atoms with Gasteiger partial charge in [0.25, 0.3) is 5.91 Å². The van der Waals surface area contributed by atoms with Crippen LogP contribution in [0.5, 0.6) is 0 Å². The number of ether oxygens (including phenoxy) is 1. The first-order chi connectivity index (χ1) is 10.1. The molecular weight excluding hydrogens is 286 g/mol.